The van der Waals surface area contributed by atoms with Gasteiger partial charge in [-0.15, -0.1) is 0 Å². The lowest BCUT2D eigenvalue weighted by molar-refractivity contribution is 0.0423. The molecule has 0 atom stereocenters. The van der Waals surface area contributed by atoms with Gasteiger partial charge in [-0.05, 0) is 36.5 Å². The lowest BCUT2D eigenvalue weighted by atomic mass is 10.1. The van der Waals surface area contributed by atoms with Crippen molar-refractivity contribution in [2.45, 2.75) is 18.9 Å². The van der Waals surface area contributed by atoms with E-state index in [-0.39, 0.29) is 0 Å². The fraction of sp³-hybridized carbons (Fsp3) is 0.500. The maximum absolute atomic E-state index is 5.72. The fourth-order valence-corrected chi connectivity index (χ4v) is 3.48. The van der Waals surface area contributed by atoms with Crippen LogP contribution in [0.15, 0.2) is 24.3 Å². The maximum atomic E-state index is 5.72. The van der Waals surface area contributed by atoms with Gasteiger partial charge < -0.3 is 15.4 Å². The van der Waals surface area contributed by atoms with E-state index >= 15 is 0 Å². The number of benzene rings is 1. The van der Waals surface area contributed by atoms with Crippen molar-refractivity contribution in [2.75, 3.05) is 31.1 Å². The Kier molecular flexibility index (Phi) is 3.96. The minimum Gasteiger partial charge on any atom is -0.377 e. The number of anilines is 1. The van der Waals surface area contributed by atoms with Gasteiger partial charge in [-0.3, -0.25) is 0 Å². The summed E-state index contributed by atoms with van der Waals surface area (Å²) in [6.07, 6.45) is 2.53. The Hall–Kier alpha value is -1.17. The molecular weight excluding hydrogens is 258 g/mol. The first-order chi connectivity index (χ1) is 9.38. The van der Waals surface area contributed by atoms with Crippen LogP contribution in [0, 0.1) is 0 Å². The molecule has 1 aromatic heterocycles. The summed E-state index contributed by atoms with van der Waals surface area (Å²) >= 11 is 1.60. The third-order valence-corrected chi connectivity index (χ3v) is 4.50. The molecule has 5 heteroatoms. The number of nitrogens with zero attached hydrogens (tertiary/aromatic N) is 2. The van der Waals surface area contributed by atoms with Crippen LogP contribution in [-0.2, 0) is 4.74 Å². The van der Waals surface area contributed by atoms with Crippen molar-refractivity contribution in [3.8, 4) is 0 Å². The fourth-order valence-electron chi connectivity index (χ4n) is 2.56. The average Bonchev–Trinajstić information content (AvgIpc) is 2.90. The number of piperidine rings is 1. The summed E-state index contributed by atoms with van der Waals surface area (Å²) in [6.45, 7) is 3.37. The first kappa shape index (κ1) is 12.8. The zero-order valence-corrected chi connectivity index (χ0v) is 11.7. The average molecular weight is 277 g/mol. The van der Waals surface area contributed by atoms with E-state index in [2.05, 4.69) is 27.5 Å². The number of fused-ring (bicyclic) bond motifs is 1. The van der Waals surface area contributed by atoms with E-state index in [0.29, 0.717) is 19.3 Å². The molecule has 0 bridgehead atoms. The molecule has 0 unspecified atom stereocenters. The van der Waals surface area contributed by atoms with Gasteiger partial charge in [-0.2, -0.15) is 4.37 Å². The van der Waals surface area contributed by atoms with Crippen molar-refractivity contribution in [1.82, 2.24) is 4.37 Å². The van der Waals surface area contributed by atoms with Gasteiger partial charge in [0, 0.05) is 25.0 Å². The van der Waals surface area contributed by atoms with Crippen LogP contribution in [0.25, 0.3) is 10.9 Å². The van der Waals surface area contributed by atoms with Gasteiger partial charge in [0.15, 0.2) is 0 Å². The van der Waals surface area contributed by atoms with E-state index in [1.807, 2.05) is 6.07 Å². The van der Waals surface area contributed by atoms with Crippen molar-refractivity contribution in [3.63, 3.8) is 0 Å². The minimum atomic E-state index is 0.374. The second-order valence-electron chi connectivity index (χ2n) is 4.85. The van der Waals surface area contributed by atoms with Gasteiger partial charge in [-0.1, -0.05) is 12.1 Å². The van der Waals surface area contributed by atoms with Crippen molar-refractivity contribution in [1.29, 1.82) is 0 Å². The predicted octanol–water partition coefficient (Wildman–Crippen LogP) is 2.24. The zero-order valence-electron chi connectivity index (χ0n) is 10.9. The second-order valence-corrected chi connectivity index (χ2v) is 5.60. The van der Waals surface area contributed by atoms with Crippen LogP contribution < -0.4 is 10.6 Å². The first-order valence-corrected chi connectivity index (χ1v) is 7.57. The molecule has 1 fully saturated rings. The Morgan fingerprint density at radius 3 is 2.89 bits per heavy atom. The van der Waals surface area contributed by atoms with Crippen molar-refractivity contribution < 1.29 is 4.74 Å². The summed E-state index contributed by atoms with van der Waals surface area (Å²) < 4.78 is 10.2. The number of hydrogen-bond donors (Lipinski definition) is 1. The molecule has 4 nitrogen and oxygen atoms in total. The molecule has 2 N–H and O–H groups in total. The predicted molar refractivity (Wildman–Crippen MR) is 79.9 cm³/mol. The molecular formula is C14H19N3OS. The SMILES string of the molecule is NCCOC1CCN(c2snc3ccccc23)CC1. The largest absolute Gasteiger partial charge is 0.377 e. The minimum absolute atomic E-state index is 0.374. The molecule has 1 saturated heterocycles. The van der Waals surface area contributed by atoms with E-state index in [9.17, 15) is 0 Å². The van der Waals surface area contributed by atoms with Gasteiger partial charge in [0.25, 0.3) is 0 Å². The number of rotatable bonds is 4. The van der Waals surface area contributed by atoms with Gasteiger partial charge in [0.2, 0.25) is 0 Å². The summed E-state index contributed by atoms with van der Waals surface area (Å²) in [5.41, 5.74) is 6.57. The molecule has 1 aromatic carbocycles. The second kappa shape index (κ2) is 5.86. The monoisotopic (exact) mass is 277 g/mol. The Morgan fingerprint density at radius 1 is 1.32 bits per heavy atom. The highest BCUT2D eigenvalue weighted by molar-refractivity contribution is 7.11. The molecule has 0 radical (unpaired) electrons. The Morgan fingerprint density at radius 2 is 2.11 bits per heavy atom. The lowest BCUT2D eigenvalue weighted by Gasteiger charge is -2.32. The lowest BCUT2D eigenvalue weighted by Crippen LogP contribution is -2.37. The van der Waals surface area contributed by atoms with Crippen molar-refractivity contribution in [3.05, 3.63) is 24.3 Å². The smallest absolute Gasteiger partial charge is 0.119 e. The summed E-state index contributed by atoms with van der Waals surface area (Å²) in [5, 5.41) is 2.57. The van der Waals surface area contributed by atoms with Gasteiger partial charge in [0.05, 0.1) is 18.2 Å². The highest BCUT2D eigenvalue weighted by Crippen LogP contribution is 2.33. The van der Waals surface area contributed by atoms with Crippen LogP contribution in [0.2, 0.25) is 0 Å². The molecule has 0 saturated carbocycles. The third-order valence-electron chi connectivity index (χ3n) is 3.57. The Balaban J connectivity index is 1.68. The van der Waals surface area contributed by atoms with Crippen LogP contribution in [0.5, 0.6) is 0 Å². The number of aromatic nitrogens is 1. The van der Waals surface area contributed by atoms with Crippen LogP contribution in [0.3, 0.4) is 0 Å². The number of nitrogens with two attached hydrogens (primary N) is 1. The van der Waals surface area contributed by atoms with Crippen molar-refractivity contribution in [2.24, 2.45) is 5.73 Å². The van der Waals surface area contributed by atoms with Crippen LogP contribution in [0.1, 0.15) is 12.8 Å². The number of ether oxygens (including phenoxy) is 1. The van der Waals surface area contributed by atoms with E-state index in [4.69, 9.17) is 10.5 Å². The Bertz CT molecular complexity index is 534. The third kappa shape index (κ3) is 2.73. The van der Waals surface area contributed by atoms with Gasteiger partial charge >= 0.3 is 0 Å². The topological polar surface area (TPSA) is 51.4 Å². The molecule has 102 valence electrons. The van der Waals surface area contributed by atoms with Gasteiger partial charge in [-0.25, -0.2) is 0 Å². The van der Waals surface area contributed by atoms with Crippen LogP contribution in [0.4, 0.5) is 5.00 Å². The van der Waals surface area contributed by atoms with Crippen LogP contribution in [-0.4, -0.2) is 36.7 Å². The van der Waals surface area contributed by atoms with E-state index in [1.165, 1.54) is 10.4 Å². The van der Waals surface area contributed by atoms with Crippen molar-refractivity contribution >= 4 is 27.4 Å². The van der Waals surface area contributed by atoms with E-state index in [1.54, 1.807) is 11.5 Å². The summed E-state index contributed by atoms with van der Waals surface area (Å²) in [6, 6.07) is 8.35. The molecule has 3 rings (SSSR count). The molecule has 1 aliphatic rings. The zero-order chi connectivity index (χ0) is 13.1. The molecule has 0 amide bonds. The summed E-state index contributed by atoms with van der Waals surface area (Å²) in [4.78, 5) is 2.43. The first-order valence-electron chi connectivity index (χ1n) is 6.79. The maximum Gasteiger partial charge on any atom is 0.119 e. The molecule has 0 aliphatic carbocycles. The highest BCUT2D eigenvalue weighted by atomic mass is 32.1. The normalized spacial score (nSPS) is 17.2. The highest BCUT2D eigenvalue weighted by Gasteiger charge is 2.22. The van der Waals surface area contributed by atoms with E-state index < -0.39 is 0 Å². The number of hydrogen-bond acceptors (Lipinski definition) is 5. The quantitative estimate of drug-likeness (QED) is 0.931. The van der Waals surface area contributed by atoms with E-state index in [0.717, 1.165) is 31.4 Å². The summed E-state index contributed by atoms with van der Waals surface area (Å²) in [7, 11) is 0. The standard InChI is InChI=1S/C14H19N3OS/c15-7-10-18-11-5-8-17(9-6-11)14-12-3-1-2-4-13(12)16-19-14/h1-4,11H,5-10,15H2. The molecule has 2 heterocycles. The van der Waals surface area contributed by atoms with Gasteiger partial charge in [0.1, 0.15) is 5.00 Å². The molecule has 19 heavy (non-hydrogen) atoms. The molecule has 2 aromatic rings. The molecule has 1 aliphatic heterocycles. The van der Waals surface area contributed by atoms with Crippen LogP contribution >= 0.6 is 11.5 Å². The Labute approximate surface area is 117 Å². The molecule has 0 spiro atoms. The summed E-state index contributed by atoms with van der Waals surface area (Å²) in [5.74, 6) is 0.